The first kappa shape index (κ1) is 44.6. The molecule has 11 heteroatoms. The molecule has 1 aliphatic heterocycles. The van der Waals surface area contributed by atoms with Crippen LogP contribution in [0.4, 0.5) is 18.9 Å². The van der Waals surface area contributed by atoms with Crippen LogP contribution in [0.5, 0.6) is 0 Å². The van der Waals surface area contributed by atoms with Crippen LogP contribution in [0.2, 0.25) is 0 Å². The Morgan fingerprint density at radius 3 is 1.98 bits per heavy atom. The first-order valence-electron chi connectivity index (χ1n) is 20.0. The van der Waals surface area contributed by atoms with E-state index in [0.717, 1.165) is 50.3 Å². The van der Waals surface area contributed by atoms with Crippen LogP contribution in [0, 0.1) is 13.8 Å². The number of carbonyl (C=O) groups is 2. The number of anilines is 1. The Kier molecular flexibility index (Phi) is 18.6. The molecule has 1 saturated heterocycles. The van der Waals surface area contributed by atoms with Gasteiger partial charge in [0, 0.05) is 44.8 Å². The molecule has 4 rings (SSSR count). The fourth-order valence-corrected chi connectivity index (χ4v) is 6.45. The van der Waals surface area contributed by atoms with Gasteiger partial charge in [0.15, 0.2) is 0 Å². The summed E-state index contributed by atoms with van der Waals surface area (Å²) in [6.07, 6.45) is 27.9. The minimum absolute atomic E-state index is 0.0975. The van der Waals surface area contributed by atoms with Crippen LogP contribution in [-0.4, -0.2) is 60.8 Å². The van der Waals surface area contributed by atoms with Crippen LogP contribution in [0.1, 0.15) is 91.2 Å². The number of alkyl halides is 3. The standard InChI is InChI=1S/C46H58F3N5O3/c1-4-5-6-7-8-9-10-11-12-13-14-15-16-17-18-19-20-21-22-26-43(55)50-27-28-51-45(56)40-33-39(53-29-31-57-32-30-53)34-42-44(40)52-37(3)54(42)35-38-24-23-25-41(36(38)2)46(47,48)49/h5-6,8-9,11-12,14-15,17-18,20-21,23-25,33-34H,4,7,10,13,16,19,22,26-32,35H2,1-3H3,(H,50,55)(H,51,56). The molecule has 0 aliphatic carbocycles. The molecule has 0 unspecified atom stereocenters. The summed E-state index contributed by atoms with van der Waals surface area (Å²) in [6.45, 7) is 8.41. The van der Waals surface area contributed by atoms with Gasteiger partial charge in [-0.15, -0.1) is 0 Å². The monoisotopic (exact) mass is 785 g/mol. The van der Waals surface area contributed by atoms with Crippen LogP contribution in [0.15, 0.2) is 103 Å². The van der Waals surface area contributed by atoms with Gasteiger partial charge in [-0.1, -0.05) is 92.0 Å². The van der Waals surface area contributed by atoms with Gasteiger partial charge in [0.1, 0.15) is 11.3 Å². The van der Waals surface area contributed by atoms with Gasteiger partial charge < -0.3 is 24.8 Å². The molecule has 306 valence electrons. The van der Waals surface area contributed by atoms with Crippen molar-refractivity contribution in [2.75, 3.05) is 44.3 Å². The molecule has 8 nitrogen and oxygen atoms in total. The average molecular weight is 786 g/mol. The number of aryl methyl sites for hydroxylation is 1. The number of carbonyl (C=O) groups excluding carboxylic acids is 2. The summed E-state index contributed by atoms with van der Waals surface area (Å²) < 4.78 is 48.5. The van der Waals surface area contributed by atoms with Crippen molar-refractivity contribution in [2.45, 2.75) is 84.9 Å². The third-order valence-corrected chi connectivity index (χ3v) is 9.60. The van der Waals surface area contributed by atoms with Crippen molar-refractivity contribution in [1.29, 1.82) is 0 Å². The molecule has 0 bridgehead atoms. The van der Waals surface area contributed by atoms with Crippen molar-refractivity contribution < 1.29 is 27.5 Å². The van der Waals surface area contributed by atoms with Crippen LogP contribution in [0.25, 0.3) is 11.0 Å². The van der Waals surface area contributed by atoms with Crippen molar-refractivity contribution in [2.24, 2.45) is 0 Å². The largest absolute Gasteiger partial charge is 0.416 e. The first-order chi connectivity index (χ1) is 27.6. The second kappa shape index (κ2) is 23.8. The van der Waals surface area contributed by atoms with Crippen molar-refractivity contribution in [3.8, 4) is 0 Å². The topological polar surface area (TPSA) is 88.5 Å². The number of allylic oxidation sites excluding steroid dienone is 12. The second-order valence-electron chi connectivity index (χ2n) is 13.9. The van der Waals surface area contributed by atoms with Crippen molar-refractivity contribution in [3.63, 3.8) is 0 Å². The van der Waals surface area contributed by atoms with Gasteiger partial charge in [-0.05, 0) is 88.1 Å². The Balaban J connectivity index is 1.23. The first-order valence-corrected chi connectivity index (χ1v) is 20.0. The number of rotatable bonds is 21. The normalized spacial score (nSPS) is 14.2. The lowest BCUT2D eigenvalue weighted by Crippen LogP contribution is -2.37. The molecule has 1 fully saturated rings. The summed E-state index contributed by atoms with van der Waals surface area (Å²) in [7, 11) is 0. The van der Waals surface area contributed by atoms with Gasteiger partial charge in [0.05, 0.1) is 29.9 Å². The molecule has 57 heavy (non-hydrogen) atoms. The van der Waals surface area contributed by atoms with Gasteiger partial charge in [-0.25, -0.2) is 4.98 Å². The number of halogens is 3. The molecule has 1 aromatic heterocycles. The van der Waals surface area contributed by atoms with Gasteiger partial charge in [0.2, 0.25) is 5.91 Å². The number of fused-ring (bicyclic) bond motifs is 1. The van der Waals surface area contributed by atoms with E-state index in [2.05, 4.69) is 89.3 Å². The molecule has 0 atom stereocenters. The van der Waals surface area contributed by atoms with Crippen LogP contribution >= 0.6 is 0 Å². The molecular formula is C46H58F3N5O3. The summed E-state index contributed by atoms with van der Waals surface area (Å²) in [4.78, 5) is 32.9. The number of ether oxygens (including phenoxy) is 1. The molecule has 2 heterocycles. The Morgan fingerprint density at radius 2 is 1.39 bits per heavy atom. The van der Waals surface area contributed by atoms with E-state index in [0.29, 0.717) is 67.1 Å². The third kappa shape index (κ3) is 14.7. The summed E-state index contributed by atoms with van der Waals surface area (Å²) in [5, 5.41) is 5.78. The number of amides is 2. The molecule has 0 radical (unpaired) electrons. The molecule has 1 aliphatic rings. The van der Waals surface area contributed by atoms with Crippen molar-refractivity contribution in [3.05, 3.63) is 131 Å². The third-order valence-electron chi connectivity index (χ3n) is 9.60. The number of morpholine rings is 1. The zero-order chi connectivity index (χ0) is 40.9. The van der Waals surface area contributed by atoms with E-state index in [1.807, 2.05) is 16.7 Å². The van der Waals surface area contributed by atoms with E-state index in [1.165, 1.54) is 13.0 Å². The van der Waals surface area contributed by atoms with Crippen molar-refractivity contribution >= 4 is 28.5 Å². The lowest BCUT2D eigenvalue weighted by atomic mass is 10.0. The van der Waals surface area contributed by atoms with Gasteiger partial charge >= 0.3 is 6.18 Å². The summed E-state index contributed by atoms with van der Waals surface area (Å²) in [5.74, 6) is 0.135. The van der Waals surface area contributed by atoms with E-state index in [-0.39, 0.29) is 37.0 Å². The molecule has 0 saturated carbocycles. The predicted molar refractivity (Wildman–Crippen MR) is 226 cm³/mol. The van der Waals surface area contributed by atoms with Gasteiger partial charge in [-0.3, -0.25) is 9.59 Å². The van der Waals surface area contributed by atoms with Crippen LogP contribution < -0.4 is 15.5 Å². The molecule has 2 aromatic carbocycles. The smallest absolute Gasteiger partial charge is 0.378 e. The van der Waals surface area contributed by atoms with E-state index in [4.69, 9.17) is 9.72 Å². The lowest BCUT2D eigenvalue weighted by molar-refractivity contribution is -0.138. The quantitative estimate of drug-likeness (QED) is 0.0830. The SMILES string of the molecule is CCC=CCC=CCC=CCC=CCC=CCC=CCCC(=O)NCCNC(=O)c1cc(N2CCOCC2)cc2c1nc(C)n2Cc1cccc(C(F)(F)F)c1C. The highest BCUT2D eigenvalue weighted by Crippen LogP contribution is 2.34. The molecule has 2 amide bonds. The van der Waals surface area contributed by atoms with E-state index in [1.54, 1.807) is 19.1 Å². The Morgan fingerprint density at radius 1 is 0.807 bits per heavy atom. The van der Waals surface area contributed by atoms with Crippen LogP contribution in [0.3, 0.4) is 0 Å². The second-order valence-corrected chi connectivity index (χ2v) is 13.9. The zero-order valence-corrected chi connectivity index (χ0v) is 33.6. The number of hydrogen-bond acceptors (Lipinski definition) is 5. The number of nitrogens with zero attached hydrogens (tertiary/aromatic N) is 3. The fourth-order valence-electron chi connectivity index (χ4n) is 6.45. The number of hydrogen-bond donors (Lipinski definition) is 2. The molecule has 2 N–H and O–H groups in total. The average Bonchev–Trinajstić information content (AvgIpc) is 3.51. The number of aromatic nitrogens is 2. The highest BCUT2D eigenvalue weighted by Gasteiger charge is 2.33. The van der Waals surface area contributed by atoms with Crippen LogP contribution in [-0.2, 0) is 22.3 Å². The fraction of sp³-hybridized carbons (Fsp3) is 0.413. The minimum Gasteiger partial charge on any atom is -0.378 e. The number of imidazole rings is 1. The summed E-state index contributed by atoms with van der Waals surface area (Å²) in [5.41, 5.74) is 2.30. The zero-order valence-electron chi connectivity index (χ0n) is 33.6. The minimum atomic E-state index is -4.46. The summed E-state index contributed by atoms with van der Waals surface area (Å²) in [6, 6.07) is 7.94. The number of benzene rings is 2. The maximum Gasteiger partial charge on any atom is 0.416 e. The Bertz CT molecular complexity index is 1930. The van der Waals surface area contributed by atoms with Gasteiger partial charge in [-0.2, -0.15) is 13.2 Å². The van der Waals surface area contributed by atoms with E-state index >= 15 is 0 Å². The predicted octanol–water partition coefficient (Wildman–Crippen LogP) is 9.88. The van der Waals surface area contributed by atoms with E-state index in [9.17, 15) is 22.8 Å². The number of nitrogens with one attached hydrogen (secondary N) is 2. The molecule has 3 aromatic rings. The highest BCUT2D eigenvalue weighted by atomic mass is 19.4. The maximum atomic E-state index is 13.7. The lowest BCUT2D eigenvalue weighted by Gasteiger charge is -2.29. The van der Waals surface area contributed by atoms with Crippen molar-refractivity contribution in [1.82, 2.24) is 20.2 Å². The summed E-state index contributed by atoms with van der Waals surface area (Å²) >= 11 is 0. The Hall–Kier alpha value is -5.16. The molecular weight excluding hydrogens is 728 g/mol. The van der Waals surface area contributed by atoms with E-state index < -0.39 is 11.7 Å². The maximum absolute atomic E-state index is 13.7. The van der Waals surface area contributed by atoms with Gasteiger partial charge in [0.25, 0.3) is 5.91 Å². The Labute approximate surface area is 336 Å². The molecule has 0 spiro atoms. The highest BCUT2D eigenvalue weighted by molar-refractivity contribution is 6.06.